The number of nitrogens with zero attached hydrogens (tertiary/aromatic N) is 3. The number of benzene rings is 1. The highest BCUT2D eigenvalue weighted by Gasteiger charge is 2.12. The van der Waals surface area contributed by atoms with Gasteiger partial charge >= 0.3 is 0 Å². The van der Waals surface area contributed by atoms with E-state index >= 15 is 0 Å². The van der Waals surface area contributed by atoms with Crippen LogP contribution in [0.3, 0.4) is 0 Å². The highest BCUT2D eigenvalue weighted by atomic mass is 35.5. The molecule has 134 valence electrons. The van der Waals surface area contributed by atoms with Crippen molar-refractivity contribution in [3.8, 4) is 5.75 Å². The van der Waals surface area contributed by atoms with Crippen molar-refractivity contribution in [3.05, 3.63) is 41.3 Å². The number of hydrogen-bond acceptors (Lipinski definition) is 5. The first-order chi connectivity index (χ1) is 12.1. The average Bonchev–Trinajstić information content (AvgIpc) is 2.62. The summed E-state index contributed by atoms with van der Waals surface area (Å²) < 4.78 is 5.09. The standard InChI is InChI=1S/C18H23ClN4O2/c1-4-8-23(9-5-2)17-12-20-15(11-21-17)18(24)22-13-6-7-16(25-3)14(19)10-13/h6-7,10-12H,4-5,8-9H2,1-3H3,(H,22,24). The molecule has 25 heavy (non-hydrogen) atoms. The minimum Gasteiger partial charge on any atom is -0.495 e. The fourth-order valence-corrected chi connectivity index (χ4v) is 2.68. The average molecular weight is 363 g/mol. The van der Waals surface area contributed by atoms with Crippen molar-refractivity contribution in [2.24, 2.45) is 0 Å². The second-order valence-electron chi connectivity index (χ2n) is 5.55. The number of rotatable bonds is 8. The van der Waals surface area contributed by atoms with Gasteiger partial charge in [0.1, 0.15) is 17.3 Å². The van der Waals surface area contributed by atoms with Crippen molar-refractivity contribution in [2.45, 2.75) is 26.7 Å². The second kappa shape index (κ2) is 9.22. The number of ether oxygens (including phenoxy) is 1. The molecular weight excluding hydrogens is 340 g/mol. The zero-order valence-electron chi connectivity index (χ0n) is 14.8. The lowest BCUT2D eigenvalue weighted by atomic mass is 10.3. The van der Waals surface area contributed by atoms with Gasteiger partial charge in [-0.25, -0.2) is 9.97 Å². The minimum absolute atomic E-state index is 0.253. The second-order valence-corrected chi connectivity index (χ2v) is 5.96. The van der Waals surface area contributed by atoms with E-state index < -0.39 is 0 Å². The molecular formula is C18H23ClN4O2. The molecule has 1 aromatic carbocycles. The number of hydrogen-bond donors (Lipinski definition) is 1. The maximum atomic E-state index is 12.3. The van der Waals surface area contributed by atoms with Crippen LogP contribution in [-0.4, -0.2) is 36.1 Å². The van der Waals surface area contributed by atoms with Gasteiger partial charge in [-0.2, -0.15) is 0 Å². The summed E-state index contributed by atoms with van der Waals surface area (Å²) >= 11 is 6.06. The molecule has 0 radical (unpaired) electrons. The van der Waals surface area contributed by atoms with Crippen molar-refractivity contribution in [1.29, 1.82) is 0 Å². The van der Waals surface area contributed by atoms with Crippen LogP contribution in [0, 0.1) is 0 Å². The van der Waals surface area contributed by atoms with Crippen LogP contribution >= 0.6 is 11.6 Å². The van der Waals surface area contributed by atoms with Gasteiger partial charge in [0.05, 0.1) is 24.5 Å². The van der Waals surface area contributed by atoms with Crippen LogP contribution in [0.25, 0.3) is 0 Å². The summed E-state index contributed by atoms with van der Waals surface area (Å²) in [7, 11) is 1.54. The Morgan fingerprint density at radius 1 is 1.20 bits per heavy atom. The summed E-state index contributed by atoms with van der Waals surface area (Å²) in [6, 6.07) is 5.04. The van der Waals surface area contributed by atoms with E-state index in [1.54, 1.807) is 24.4 Å². The molecule has 2 aromatic rings. The molecule has 0 saturated heterocycles. The van der Waals surface area contributed by atoms with Gasteiger partial charge in [-0.1, -0.05) is 25.4 Å². The van der Waals surface area contributed by atoms with Gasteiger partial charge in [0.15, 0.2) is 0 Å². The van der Waals surface area contributed by atoms with Crippen LogP contribution in [0.1, 0.15) is 37.2 Å². The lowest BCUT2D eigenvalue weighted by Gasteiger charge is -2.22. The van der Waals surface area contributed by atoms with Crippen LogP contribution in [0.5, 0.6) is 5.75 Å². The molecule has 7 heteroatoms. The maximum absolute atomic E-state index is 12.3. The molecule has 1 heterocycles. The van der Waals surface area contributed by atoms with Crippen molar-refractivity contribution in [2.75, 3.05) is 30.4 Å². The third-order valence-electron chi connectivity index (χ3n) is 3.59. The molecule has 0 saturated carbocycles. The summed E-state index contributed by atoms with van der Waals surface area (Å²) in [5, 5.41) is 3.18. The van der Waals surface area contributed by atoms with Crippen molar-refractivity contribution < 1.29 is 9.53 Å². The zero-order chi connectivity index (χ0) is 18.2. The van der Waals surface area contributed by atoms with Gasteiger partial charge < -0.3 is 15.0 Å². The molecule has 1 amide bonds. The molecule has 0 fully saturated rings. The lowest BCUT2D eigenvalue weighted by Crippen LogP contribution is -2.26. The summed E-state index contributed by atoms with van der Waals surface area (Å²) in [4.78, 5) is 23.1. The Balaban J connectivity index is 2.08. The predicted octanol–water partition coefficient (Wildman–Crippen LogP) is 4.02. The number of aromatic nitrogens is 2. The van der Waals surface area contributed by atoms with Crippen molar-refractivity contribution >= 4 is 29.0 Å². The Morgan fingerprint density at radius 3 is 2.44 bits per heavy atom. The van der Waals surface area contributed by atoms with Gasteiger partial charge in [0, 0.05) is 18.8 Å². The van der Waals surface area contributed by atoms with E-state index in [9.17, 15) is 4.79 Å². The van der Waals surface area contributed by atoms with E-state index in [4.69, 9.17) is 16.3 Å². The highest BCUT2D eigenvalue weighted by Crippen LogP contribution is 2.27. The Bertz CT molecular complexity index is 701. The number of anilines is 2. The van der Waals surface area contributed by atoms with Crippen molar-refractivity contribution in [3.63, 3.8) is 0 Å². The van der Waals surface area contributed by atoms with E-state index in [-0.39, 0.29) is 11.6 Å². The smallest absolute Gasteiger partial charge is 0.275 e. The molecule has 0 atom stereocenters. The Morgan fingerprint density at radius 2 is 1.92 bits per heavy atom. The molecule has 0 aliphatic rings. The van der Waals surface area contributed by atoms with E-state index in [0.717, 1.165) is 31.7 Å². The number of carbonyl (C=O) groups excluding carboxylic acids is 1. The molecule has 0 bridgehead atoms. The molecule has 0 aliphatic carbocycles. The number of amides is 1. The molecule has 2 rings (SSSR count). The third kappa shape index (κ3) is 5.06. The maximum Gasteiger partial charge on any atom is 0.275 e. The third-order valence-corrected chi connectivity index (χ3v) is 3.89. The van der Waals surface area contributed by atoms with E-state index in [1.807, 2.05) is 0 Å². The van der Waals surface area contributed by atoms with Gasteiger partial charge in [0.25, 0.3) is 5.91 Å². The first kappa shape index (κ1) is 19.0. The van der Waals surface area contributed by atoms with Crippen molar-refractivity contribution in [1.82, 2.24) is 9.97 Å². The largest absolute Gasteiger partial charge is 0.495 e. The fourth-order valence-electron chi connectivity index (χ4n) is 2.42. The highest BCUT2D eigenvalue weighted by molar-refractivity contribution is 6.32. The first-order valence-corrected chi connectivity index (χ1v) is 8.68. The van der Waals surface area contributed by atoms with Crippen LogP contribution in [0.4, 0.5) is 11.5 Å². The Labute approximate surface area is 153 Å². The Hall–Kier alpha value is -2.34. The number of carbonyl (C=O) groups is 1. The summed E-state index contributed by atoms with van der Waals surface area (Å²) in [6.45, 7) is 6.08. The van der Waals surface area contributed by atoms with E-state index in [1.165, 1.54) is 13.3 Å². The van der Waals surface area contributed by atoms with Crippen LogP contribution in [-0.2, 0) is 0 Å². The predicted molar refractivity (Wildman–Crippen MR) is 101 cm³/mol. The van der Waals surface area contributed by atoms with Crippen LogP contribution in [0.15, 0.2) is 30.6 Å². The van der Waals surface area contributed by atoms with Gasteiger partial charge in [-0.05, 0) is 31.0 Å². The lowest BCUT2D eigenvalue weighted by molar-refractivity contribution is 0.102. The Kier molecular flexibility index (Phi) is 7.01. The van der Waals surface area contributed by atoms with E-state index in [0.29, 0.717) is 16.5 Å². The SMILES string of the molecule is CCCN(CCC)c1cnc(C(=O)Nc2ccc(OC)c(Cl)c2)cn1. The molecule has 0 unspecified atom stereocenters. The fraction of sp³-hybridized carbons (Fsp3) is 0.389. The monoisotopic (exact) mass is 362 g/mol. The minimum atomic E-state index is -0.335. The summed E-state index contributed by atoms with van der Waals surface area (Å²) in [6.07, 6.45) is 5.19. The topological polar surface area (TPSA) is 67.4 Å². The van der Waals surface area contributed by atoms with Crippen LogP contribution in [0.2, 0.25) is 5.02 Å². The molecule has 6 nitrogen and oxygen atoms in total. The zero-order valence-corrected chi connectivity index (χ0v) is 15.5. The number of methoxy groups -OCH3 is 1. The normalized spacial score (nSPS) is 10.4. The number of nitrogens with one attached hydrogen (secondary N) is 1. The van der Waals surface area contributed by atoms with Gasteiger partial charge in [0.2, 0.25) is 0 Å². The van der Waals surface area contributed by atoms with Crippen LogP contribution < -0.4 is 15.0 Å². The number of halogens is 1. The molecule has 0 spiro atoms. The molecule has 0 aliphatic heterocycles. The van der Waals surface area contributed by atoms with Gasteiger partial charge in [-0.3, -0.25) is 4.79 Å². The summed E-state index contributed by atoms with van der Waals surface area (Å²) in [5.74, 6) is 1.00. The quantitative estimate of drug-likeness (QED) is 0.768. The van der Waals surface area contributed by atoms with Gasteiger partial charge in [-0.15, -0.1) is 0 Å². The molecule has 1 N–H and O–H groups in total. The molecule has 1 aromatic heterocycles. The summed E-state index contributed by atoms with van der Waals surface area (Å²) in [5.41, 5.74) is 0.823. The van der Waals surface area contributed by atoms with E-state index in [2.05, 4.69) is 34.0 Å². The first-order valence-electron chi connectivity index (χ1n) is 8.30.